The zero-order valence-corrected chi connectivity index (χ0v) is 17.7. The molecule has 160 valence electrons. The van der Waals surface area contributed by atoms with Gasteiger partial charge in [0.05, 0.1) is 4.90 Å². The summed E-state index contributed by atoms with van der Waals surface area (Å²) < 4.78 is 31.8. The van der Waals surface area contributed by atoms with Gasteiger partial charge in [0.1, 0.15) is 13.2 Å². The summed E-state index contributed by atoms with van der Waals surface area (Å²) >= 11 is 5.89. The van der Waals surface area contributed by atoms with Crippen LogP contribution in [0.1, 0.15) is 5.56 Å². The summed E-state index contributed by atoms with van der Waals surface area (Å²) in [5.41, 5.74) is 0.844. The molecule has 3 rings (SSSR count). The smallest absolute Gasteiger partial charge is 0.407 e. The first-order valence-electron chi connectivity index (χ1n) is 9.34. The molecule has 1 N–H and O–H groups in total. The normalized spacial score (nSPS) is 14.9. The Morgan fingerprint density at radius 3 is 2.37 bits per heavy atom. The van der Waals surface area contributed by atoms with Gasteiger partial charge in [0, 0.05) is 31.2 Å². The first-order chi connectivity index (χ1) is 14.4. The van der Waals surface area contributed by atoms with Crippen molar-refractivity contribution in [3.63, 3.8) is 0 Å². The fourth-order valence-electron chi connectivity index (χ4n) is 2.99. The Morgan fingerprint density at radius 2 is 1.70 bits per heavy atom. The minimum absolute atomic E-state index is 0.112. The molecule has 0 spiro atoms. The predicted molar refractivity (Wildman–Crippen MR) is 111 cm³/mol. The minimum Gasteiger partial charge on any atom is -0.445 e. The molecular formula is C20H22ClN3O5S. The molecule has 0 saturated carbocycles. The van der Waals surface area contributed by atoms with Crippen LogP contribution in [0.5, 0.6) is 0 Å². The number of piperazine rings is 1. The van der Waals surface area contributed by atoms with Gasteiger partial charge < -0.3 is 15.0 Å². The monoisotopic (exact) mass is 451 g/mol. The number of sulfonamides is 1. The number of carbonyl (C=O) groups excluding carboxylic acids is 2. The third-order valence-electron chi connectivity index (χ3n) is 4.62. The first-order valence-corrected chi connectivity index (χ1v) is 11.2. The molecule has 10 heteroatoms. The Hall–Kier alpha value is -2.62. The lowest BCUT2D eigenvalue weighted by molar-refractivity contribution is -0.131. The Bertz CT molecular complexity index is 993. The van der Waals surface area contributed by atoms with Crippen LogP contribution < -0.4 is 5.32 Å². The van der Waals surface area contributed by atoms with Crippen LogP contribution in [0.25, 0.3) is 0 Å². The van der Waals surface area contributed by atoms with Gasteiger partial charge in [-0.15, -0.1) is 0 Å². The highest BCUT2D eigenvalue weighted by Gasteiger charge is 2.30. The van der Waals surface area contributed by atoms with Crippen molar-refractivity contribution in [3.05, 3.63) is 65.2 Å². The van der Waals surface area contributed by atoms with Crippen molar-refractivity contribution in [1.29, 1.82) is 0 Å². The van der Waals surface area contributed by atoms with E-state index < -0.39 is 16.1 Å². The Balaban J connectivity index is 1.44. The summed E-state index contributed by atoms with van der Waals surface area (Å²) in [6.45, 7) is 0.701. The number of hydrogen-bond acceptors (Lipinski definition) is 5. The maximum absolute atomic E-state index is 12.7. The largest absolute Gasteiger partial charge is 0.445 e. The molecule has 0 aliphatic carbocycles. The third kappa shape index (κ3) is 5.71. The van der Waals surface area contributed by atoms with E-state index in [4.69, 9.17) is 16.3 Å². The van der Waals surface area contributed by atoms with E-state index in [9.17, 15) is 18.0 Å². The van der Waals surface area contributed by atoms with Crippen molar-refractivity contribution in [3.8, 4) is 0 Å². The quantitative estimate of drug-likeness (QED) is 0.725. The van der Waals surface area contributed by atoms with Gasteiger partial charge in [-0.1, -0.05) is 48.0 Å². The van der Waals surface area contributed by atoms with Crippen LogP contribution >= 0.6 is 11.6 Å². The molecule has 2 aromatic rings. The van der Waals surface area contributed by atoms with Gasteiger partial charge in [-0.3, -0.25) is 4.79 Å². The van der Waals surface area contributed by atoms with Gasteiger partial charge in [-0.2, -0.15) is 4.31 Å². The van der Waals surface area contributed by atoms with Gasteiger partial charge in [-0.25, -0.2) is 13.2 Å². The average Bonchev–Trinajstić information content (AvgIpc) is 2.77. The van der Waals surface area contributed by atoms with E-state index >= 15 is 0 Å². The number of rotatable bonds is 6. The van der Waals surface area contributed by atoms with Crippen molar-refractivity contribution in [1.82, 2.24) is 14.5 Å². The fraction of sp³-hybridized carbons (Fsp3) is 0.300. The average molecular weight is 452 g/mol. The van der Waals surface area contributed by atoms with E-state index in [0.29, 0.717) is 5.02 Å². The van der Waals surface area contributed by atoms with Crippen LogP contribution in [0.4, 0.5) is 4.79 Å². The fourth-order valence-corrected chi connectivity index (χ4v) is 4.71. The lowest BCUT2D eigenvalue weighted by Crippen LogP contribution is -2.52. The topological polar surface area (TPSA) is 96.0 Å². The van der Waals surface area contributed by atoms with Crippen LogP contribution in [0.3, 0.4) is 0 Å². The second-order valence-electron chi connectivity index (χ2n) is 6.66. The molecule has 0 atom stereocenters. The summed E-state index contributed by atoms with van der Waals surface area (Å²) in [7, 11) is -3.67. The summed E-state index contributed by atoms with van der Waals surface area (Å²) in [4.78, 5) is 25.7. The molecule has 1 aliphatic heterocycles. The summed E-state index contributed by atoms with van der Waals surface area (Å²) in [5.74, 6) is -0.300. The number of halogens is 1. The number of carbonyl (C=O) groups is 2. The lowest BCUT2D eigenvalue weighted by atomic mass is 10.2. The third-order valence-corrected chi connectivity index (χ3v) is 6.75. The molecule has 0 bridgehead atoms. The number of benzene rings is 2. The van der Waals surface area contributed by atoms with E-state index in [-0.39, 0.29) is 50.1 Å². The van der Waals surface area contributed by atoms with E-state index in [1.54, 1.807) is 12.1 Å². The summed E-state index contributed by atoms with van der Waals surface area (Å²) in [6.07, 6.45) is -0.686. The molecule has 1 heterocycles. The molecule has 8 nitrogen and oxygen atoms in total. The van der Waals surface area contributed by atoms with Gasteiger partial charge in [-0.05, 0) is 23.8 Å². The number of nitrogens with one attached hydrogen (secondary N) is 1. The maximum Gasteiger partial charge on any atom is 0.407 e. The second-order valence-corrected chi connectivity index (χ2v) is 9.03. The molecular weight excluding hydrogens is 430 g/mol. The number of ether oxygens (including phenoxy) is 1. The predicted octanol–water partition coefficient (Wildman–Crippen LogP) is 2.10. The molecule has 0 unspecified atom stereocenters. The molecule has 30 heavy (non-hydrogen) atoms. The minimum atomic E-state index is -3.67. The van der Waals surface area contributed by atoms with E-state index in [1.165, 1.54) is 21.3 Å². The number of hydrogen-bond donors (Lipinski definition) is 1. The number of amides is 2. The highest BCUT2D eigenvalue weighted by molar-refractivity contribution is 7.89. The van der Waals surface area contributed by atoms with Crippen molar-refractivity contribution >= 4 is 33.6 Å². The maximum atomic E-state index is 12.7. The van der Waals surface area contributed by atoms with Gasteiger partial charge in [0.25, 0.3) is 0 Å². The second kappa shape index (κ2) is 9.92. The number of alkyl carbamates (subject to hydrolysis) is 1. The summed E-state index contributed by atoms with van der Waals surface area (Å²) in [6, 6.07) is 15.3. The van der Waals surface area contributed by atoms with Crippen LogP contribution in [0, 0.1) is 0 Å². The Kier molecular flexibility index (Phi) is 7.30. The van der Waals surface area contributed by atoms with Gasteiger partial charge >= 0.3 is 6.09 Å². The number of nitrogens with zero attached hydrogens (tertiary/aromatic N) is 2. The lowest BCUT2D eigenvalue weighted by Gasteiger charge is -2.34. The molecule has 2 amide bonds. The molecule has 1 saturated heterocycles. The molecule has 0 radical (unpaired) electrons. The van der Waals surface area contributed by atoms with Crippen LogP contribution in [-0.2, 0) is 26.2 Å². The van der Waals surface area contributed by atoms with E-state index in [2.05, 4.69) is 5.32 Å². The SMILES string of the molecule is O=C(NCC(=O)N1CCN(S(=O)(=O)c2cccc(Cl)c2)CC1)OCc1ccccc1. The van der Waals surface area contributed by atoms with Crippen molar-refractivity contribution in [2.45, 2.75) is 11.5 Å². The van der Waals surface area contributed by atoms with Crippen molar-refractivity contribution < 1.29 is 22.7 Å². The Labute approximate surface area is 180 Å². The Morgan fingerprint density at radius 1 is 1.00 bits per heavy atom. The van der Waals surface area contributed by atoms with Crippen molar-refractivity contribution in [2.24, 2.45) is 0 Å². The molecule has 0 aromatic heterocycles. The standard InChI is InChI=1S/C20H22ClN3O5S/c21-17-7-4-8-18(13-17)30(27,28)24-11-9-23(10-12-24)19(25)14-22-20(26)29-15-16-5-2-1-3-6-16/h1-8,13H,9-12,14-15H2,(H,22,26). The zero-order chi connectivity index (χ0) is 21.6. The molecule has 2 aromatic carbocycles. The van der Waals surface area contributed by atoms with Crippen molar-refractivity contribution in [2.75, 3.05) is 32.7 Å². The summed E-state index contributed by atoms with van der Waals surface area (Å²) in [5, 5.41) is 2.77. The molecule has 1 aliphatic rings. The highest BCUT2D eigenvalue weighted by atomic mass is 35.5. The van der Waals surface area contributed by atoms with E-state index in [0.717, 1.165) is 5.56 Å². The first kappa shape index (κ1) is 22.1. The van der Waals surface area contributed by atoms with Gasteiger partial charge in [0.15, 0.2) is 0 Å². The van der Waals surface area contributed by atoms with Crippen LogP contribution in [0.15, 0.2) is 59.5 Å². The van der Waals surface area contributed by atoms with Gasteiger partial charge in [0.2, 0.25) is 15.9 Å². The molecule has 1 fully saturated rings. The van der Waals surface area contributed by atoms with E-state index in [1.807, 2.05) is 30.3 Å². The highest BCUT2D eigenvalue weighted by Crippen LogP contribution is 2.20. The van der Waals surface area contributed by atoms with Crippen LogP contribution in [-0.4, -0.2) is 62.3 Å². The van der Waals surface area contributed by atoms with Crippen LogP contribution in [0.2, 0.25) is 5.02 Å². The zero-order valence-electron chi connectivity index (χ0n) is 16.2.